The van der Waals surface area contributed by atoms with Gasteiger partial charge in [-0.1, -0.05) is 17.7 Å². The number of carbonyl (C=O) groups is 1. The first-order valence-corrected chi connectivity index (χ1v) is 7.96. The van der Waals surface area contributed by atoms with Crippen LogP contribution in [-0.2, 0) is 14.8 Å². The Bertz CT molecular complexity index is 538. The molecule has 0 radical (unpaired) electrons. The number of rotatable bonds is 5. The van der Waals surface area contributed by atoms with Crippen LogP contribution in [0.2, 0.25) is 0 Å². The molecule has 0 aliphatic heterocycles. The number of hydrogen-bond acceptors (Lipinski definition) is 3. The van der Waals surface area contributed by atoms with Crippen molar-refractivity contribution in [2.24, 2.45) is 0 Å². The molecule has 1 aromatic carbocycles. The van der Waals surface area contributed by atoms with E-state index in [1.165, 1.54) is 0 Å². The predicted octanol–water partition coefficient (Wildman–Crippen LogP) is 1.29. The molecule has 0 spiro atoms. The van der Waals surface area contributed by atoms with E-state index in [9.17, 15) is 13.2 Å². The Balaban J connectivity index is 3.16. The predicted molar refractivity (Wildman–Crippen MR) is 76.6 cm³/mol. The maximum atomic E-state index is 11.9. The molecule has 0 aliphatic carbocycles. The zero-order chi connectivity index (χ0) is 14.6. The van der Waals surface area contributed by atoms with Gasteiger partial charge in [0.25, 0.3) is 0 Å². The second-order valence-electron chi connectivity index (χ2n) is 4.46. The highest BCUT2D eigenvalue weighted by atomic mass is 32.2. The van der Waals surface area contributed by atoms with Crippen molar-refractivity contribution in [1.29, 1.82) is 0 Å². The van der Waals surface area contributed by atoms with Gasteiger partial charge in [0.15, 0.2) is 0 Å². The lowest BCUT2D eigenvalue weighted by molar-refractivity contribution is -0.121. The van der Waals surface area contributed by atoms with Gasteiger partial charge in [0.2, 0.25) is 15.9 Å². The van der Waals surface area contributed by atoms with Crippen molar-refractivity contribution in [3.8, 4) is 0 Å². The van der Waals surface area contributed by atoms with Crippen LogP contribution in [-0.4, -0.2) is 33.2 Å². The lowest BCUT2D eigenvalue weighted by Gasteiger charge is -2.28. The number of benzene rings is 1. The Morgan fingerprint density at radius 3 is 2.26 bits per heavy atom. The number of likely N-dealkylation sites (N-methyl/N-ethyl adjacent to an activating group) is 1. The summed E-state index contributed by atoms with van der Waals surface area (Å²) in [5.41, 5.74) is 1.52. The van der Waals surface area contributed by atoms with Gasteiger partial charge < -0.3 is 5.32 Å². The van der Waals surface area contributed by atoms with E-state index in [4.69, 9.17) is 0 Å². The van der Waals surface area contributed by atoms with Gasteiger partial charge in [-0.2, -0.15) is 0 Å². The molecule has 0 aromatic heterocycles. The number of carbonyl (C=O) groups excluding carboxylic acids is 1. The van der Waals surface area contributed by atoms with Gasteiger partial charge in [-0.3, -0.25) is 9.10 Å². The molecular weight excluding hydrogens is 264 g/mol. The largest absolute Gasteiger partial charge is 0.355 e. The van der Waals surface area contributed by atoms with Gasteiger partial charge >= 0.3 is 0 Å². The molecule has 0 heterocycles. The van der Waals surface area contributed by atoms with E-state index in [0.29, 0.717) is 12.2 Å². The molecule has 0 saturated carbocycles. The van der Waals surface area contributed by atoms with Crippen LogP contribution in [0.1, 0.15) is 19.4 Å². The SMILES string of the molecule is CCNC(=O)[C@H](C)N(c1ccc(C)cc1)S(C)(=O)=O. The molecule has 19 heavy (non-hydrogen) atoms. The highest BCUT2D eigenvalue weighted by Gasteiger charge is 2.28. The second-order valence-corrected chi connectivity index (χ2v) is 6.32. The minimum absolute atomic E-state index is 0.312. The minimum atomic E-state index is -3.52. The first-order chi connectivity index (χ1) is 8.77. The fourth-order valence-electron chi connectivity index (χ4n) is 1.82. The highest BCUT2D eigenvalue weighted by Crippen LogP contribution is 2.21. The fraction of sp³-hybridized carbons (Fsp3) is 0.462. The van der Waals surface area contributed by atoms with E-state index in [1.54, 1.807) is 26.0 Å². The Hall–Kier alpha value is -1.56. The van der Waals surface area contributed by atoms with E-state index in [-0.39, 0.29) is 5.91 Å². The molecule has 1 atom stereocenters. The van der Waals surface area contributed by atoms with E-state index in [0.717, 1.165) is 16.1 Å². The van der Waals surface area contributed by atoms with Gasteiger partial charge in [-0.25, -0.2) is 8.42 Å². The average Bonchev–Trinajstić information content (AvgIpc) is 2.30. The maximum Gasteiger partial charge on any atom is 0.243 e. The first kappa shape index (κ1) is 15.5. The van der Waals surface area contributed by atoms with Crippen LogP contribution >= 0.6 is 0 Å². The number of sulfonamides is 1. The van der Waals surface area contributed by atoms with Crippen molar-refractivity contribution in [1.82, 2.24) is 5.32 Å². The average molecular weight is 284 g/mol. The van der Waals surface area contributed by atoms with Gasteiger partial charge in [-0.15, -0.1) is 0 Å². The Morgan fingerprint density at radius 2 is 1.84 bits per heavy atom. The summed E-state index contributed by atoms with van der Waals surface area (Å²) in [7, 11) is -3.52. The van der Waals surface area contributed by atoms with Crippen molar-refractivity contribution in [2.45, 2.75) is 26.8 Å². The van der Waals surface area contributed by atoms with Crippen LogP contribution in [0, 0.1) is 6.92 Å². The molecule has 6 heteroatoms. The number of anilines is 1. The summed E-state index contributed by atoms with van der Waals surface area (Å²) < 4.78 is 25.0. The molecular formula is C13H20N2O3S. The molecule has 5 nitrogen and oxygen atoms in total. The van der Waals surface area contributed by atoms with Gasteiger partial charge in [-0.05, 0) is 32.9 Å². The molecule has 1 amide bonds. The van der Waals surface area contributed by atoms with Crippen LogP contribution in [0.4, 0.5) is 5.69 Å². The zero-order valence-electron chi connectivity index (χ0n) is 11.7. The molecule has 0 unspecified atom stereocenters. The third-order valence-corrected chi connectivity index (χ3v) is 3.97. The summed E-state index contributed by atoms with van der Waals surface area (Å²) in [4.78, 5) is 11.9. The molecule has 1 rings (SSSR count). The molecule has 1 N–H and O–H groups in total. The topological polar surface area (TPSA) is 66.5 Å². The standard InChI is InChI=1S/C13H20N2O3S/c1-5-14-13(16)11(3)15(19(4,17)18)12-8-6-10(2)7-9-12/h6-9,11H,5H2,1-4H3,(H,14,16)/t11-/m0/s1. The fourth-order valence-corrected chi connectivity index (χ4v) is 3.00. The highest BCUT2D eigenvalue weighted by molar-refractivity contribution is 7.92. The third kappa shape index (κ3) is 3.96. The lowest BCUT2D eigenvalue weighted by Crippen LogP contribution is -2.47. The van der Waals surface area contributed by atoms with E-state index in [1.807, 2.05) is 19.1 Å². The van der Waals surface area contributed by atoms with Crippen LogP contribution in [0.25, 0.3) is 0 Å². The van der Waals surface area contributed by atoms with Gasteiger partial charge in [0, 0.05) is 6.54 Å². The van der Waals surface area contributed by atoms with Crippen LogP contribution in [0.3, 0.4) is 0 Å². The summed E-state index contributed by atoms with van der Waals surface area (Å²) in [5.74, 6) is -0.312. The number of aryl methyl sites for hydroxylation is 1. The van der Waals surface area contributed by atoms with Crippen molar-refractivity contribution in [3.63, 3.8) is 0 Å². The molecule has 1 aromatic rings. The number of nitrogens with zero attached hydrogens (tertiary/aromatic N) is 1. The summed E-state index contributed by atoms with van der Waals surface area (Å²) in [6.45, 7) is 5.75. The monoisotopic (exact) mass is 284 g/mol. The number of amides is 1. The summed E-state index contributed by atoms with van der Waals surface area (Å²) >= 11 is 0. The summed E-state index contributed by atoms with van der Waals surface area (Å²) in [5, 5.41) is 2.63. The summed E-state index contributed by atoms with van der Waals surface area (Å²) in [6, 6.07) is 6.26. The Morgan fingerprint density at radius 1 is 1.32 bits per heavy atom. The molecule has 0 saturated heterocycles. The van der Waals surface area contributed by atoms with Crippen molar-refractivity contribution < 1.29 is 13.2 Å². The Labute approximate surface area is 114 Å². The van der Waals surface area contributed by atoms with Crippen LogP contribution in [0.5, 0.6) is 0 Å². The second kappa shape index (κ2) is 6.06. The molecule has 106 valence electrons. The number of nitrogens with one attached hydrogen (secondary N) is 1. The van der Waals surface area contributed by atoms with Crippen LogP contribution < -0.4 is 9.62 Å². The van der Waals surface area contributed by atoms with E-state index < -0.39 is 16.1 Å². The summed E-state index contributed by atoms with van der Waals surface area (Å²) in [6.07, 6.45) is 1.10. The van der Waals surface area contributed by atoms with Crippen molar-refractivity contribution in [3.05, 3.63) is 29.8 Å². The normalized spacial score (nSPS) is 12.8. The molecule has 0 bridgehead atoms. The molecule has 0 aliphatic rings. The van der Waals surface area contributed by atoms with E-state index in [2.05, 4.69) is 5.32 Å². The van der Waals surface area contributed by atoms with Crippen molar-refractivity contribution >= 4 is 21.6 Å². The third-order valence-electron chi connectivity index (χ3n) is 2.73. The molecule has 0 fully saturated rings. The van der Waals surface area contributed by atoms with Gasteiger partial charge in [0.05, 0.1) is 11.9 Å². The van der Waals surface area contributed by atoms with Gasteiger partial charge in [0.1, 0.15) is 6.04 Å². The zero-order valence-corrected chi connectivity index (χ0v) is 12.5. The van der Waals surface area contributed by atoms with E-state index >= 15 is 0 Å². The van der Waals surface area contributed by atoms with Crippen molar-refractivity contribution in [2.75, 3.05) is 17.1 Å². The first-order valence-electron chi connectivity index (χ1n) is 6.11. The quantitative estimate of drug-likeness (QED) is 0.886. The smallest absolute Gasteiger partial charge is 0.243 e. The minimum Gasteiger partial charge on any atom is -0.355 e. The Kier molecular flexibility index (Phi) is 4.94. The maximum absolute atomic E-state index is 11.9. The van der Waals surface area contributed by atoms with Crippen LogP contribution in [0.15, 0.2) is 24.3 Å². The lowest BCUT2D eigenvalue weighted by atomic mass is 10.2. The number of hydrogen-bond donors (Lipinski definition) is 1.